The van der Waals surface area contributed by atoms with Crippen LogP contribution in [0.25, 0.3) is 0 Å². The maximum Gasteiger partial charge on any atom is 0.310 e. The number of carboxylic acid groups (broad SMARTS) is 1. The number of hydrogen-bond acceptors (Lipinski definition) is 2. The van der Waals surface area contributed by atoms with Crippen molar-refractivity contribution in [1.29, 1.82) is 0 Å². The lowest BCUT2D eigenvalue weighted by Gasteiger charge is -2.21. The van der Waals surface area contributed by atoms with Crippen LogP contribution in [0, 0.1) is 5.92 Å². The molecule has 1 aromatic rings. The second-order valence-corrected chi connectivity index (χ2v) is 3.16. The summed E-state index contributed by atoms with van der Waals surface area (Å²) in [7, 11) is 0. The fourth-order valence-corrected chi connectivity index (χ4v) is 1.49. The van der Waals surface area contributed by atoms with Crippen LogP contribution in [-0.2, 0) is 11.2 Å². The van der Waals surface area contributed by atoms with E-state index in [1.54, 1.807) is 0 Å². The molecule has 0 spiro atoms. The molecule has 3 heteroatoms. The number of carbonyl (C=O) groups is 1. The lowest BCUT2D eigenvalue weighted by Crippen LogP contribution is -2.27. The third kappa shape index (κ3) is 2.72. The van der Waals surface area contributed by atoms with E-state index in [9.17, 15) is 4.79 Å². The van der Waals surface area contributed by atoms with Crippen LogP contribution < -0.4 is 4.74 Å². The van der Waals surface area contributed by atoms with Gasteiger partial charge in [-0.05, 0) is 18.1 Å². The van der Waals surface area contributed by atoms with Crippen molar-refractivity contribution in [1.82, 2.24) is 0 Å². The van der Waals surface area contributed by atoms with E-state index in [1.807, 2.05) is 38.1 Å². The Balaban J connectivity index is 0.000000531. The van der Waals surface area contributed by atoms with Gasteiger partial charge in [-0.2, -0.15) is 0 Å². The van der Waals surface area contributed by atoms with E-state index in [0.29, 0.717) is 6.42 Å². The highest BCUT2D eigenvalue weighted by Gasteiger charge is 2.24. The summed E-state index contributed by atoms with van der Waals surface area (Å²) in [5.74, 6) is -0.357. The molecular formula is C12H16O3. The normalized spacial score (nSPS) is 17.9. The molecule has 0 amide bonds. The molecule has 2 rings (SSSR count). The van der Waals surface area contributed by atoms with Crippen molar-refractivity contribution in [2.24, 2.45) is 5.92 Å². The minimum absolute atomic E-state index is 0.284. The first-order valence-electron chi connectivity index (χ1n) is 5.21. The monoisotopic (exact) mass is 208 g/mol. The van der Waals surface area contributed by atoms with Crippen molar-refractivity contribution in [3.8, 4) is 5.75 Å². The van der Waals surface area contributed by atoms with Gasteiger partial charge >= 0.3 is 5.97 Å². The Morgan fingerprint density at radius 2 is 2.07 bits per heavy atom. The number of para-hydroxylation sites is 1. The Labute approximate surface area is 89.7 Å². The Bertz CT molecular complexity index is 333. The average Bonchev–Trinajstić information content (AvgIpc) is 2.31. The number of rotatable bonds is 1. The van der Waals surface area contributed by atoms with E-state index in [0.717, 1.165) is 11.3 Å². The average molecular weight is 208 g/mol. The van der Waals surface area contributed by atoms with Crippen LogP contribution in [0.15, 0.2) is 24.3 Å². The van der Waals surface area contributed by atoms with Crippen LogP contribution in [0.5, 0.6) is 5.75 Å². The molecular weight excluding hydrogens is 192 g/mol. The van der Waals surface area contributed by atoms with Gasteiger partial charge in [0.1, 0.15) is 12.4 Å². The van der Waals surface area contributed by atoms with Crippen LogP contribution in [0.4, 0.5) is 0 Å². The molecule has 1 aromatic carbocycles. The molecule has 1 atom stereocenters. The van der Waals surface area contributed by atoms with Gasteiger partial charge in [-0.15, -0.1) is 0 Å². The molecule has 0 fully saturated rings. The molecule has 0 bridgehead atoms. The number of hydrogen-bond donors (Lipinski definition) is 1. The van der Waals surface area contributed by atoms with Gasteiger partial charge in [0.2, 0.25) is 0 Å². The van der Waals surface area contributed by atoms with E-state index in [2.05, 4.69) is 0 Å². The highest BCUT2D eigenvalue weighted by Crippen LogP contribution is 2.26. The first-order chi connectivity index (χ1) is 7.27. The van der Waals surface area contributed by atoms with E-state index in [4.69, 9.17) is 9.84 Å². The molecule has 82 valence electrons. The number of benzene rings is 1. The lowest BCUT2D eigenvalue weighted by atomic mass is 9.97. The predicted molar refractivity (Wildman–Crippen MR) is 58.1 cm³/mol. The Morgan fingerprint density at radius 1 is 1.40 bits per heavy atom. The smallest absolute Gasteiger partial charge is 0.310 e. The van der Waals surface area contributed by atoms with Crippen molar-refractivity contribution >= 4 is 5.97 Å². The molecule has 1 aliphatic heterocycles. The minimum atomic E-state index is -0.783. The summed E-state index contributed by atoms with van der Waals surface area (Å²) in [5, 5.41) is 8.78. The van der Waals surface area contributed by atoms with Crippen molar-refractivity contribution in [2.45, 2.75) is 20.3 Å². The van der Waals surface area contributed by atoms with Gasteiger partial charge in [0.05, 0.1) is 5.92 Å². The second-order valence-electron chi connectivity index (χ2n) is 3.16. The summed E-state index contributed by atoms with van der Waals surface area (Å²) in [4.78, 5) is 10.7. The summed E-state index contributed by atoms with van der Waals surface area (Å²) >= 11 is 0. The molecule has 1 heterocycles. The van der Waals surface area contributed by atoms with Gasteiger partial charge in [0.25, 0.3) is 0 Å². The van der Waals surface area contributed by atoms with E-state index in [1.165, 1.54) is 0 Å². The summed E-state index contributed by atoms with van der Waals surface area (Å²) < 4.78 is 5.32. The predicted octanol–water partition coefficient (Wildman–Crippen LogP) is 2.35. The third-order valence-corrected chi connectivity index (χ3v) is 2.23. The fourth-order valence-electron chi connectivity index (χ4n) is 1.49. The van der Waals surface area contributed by atoms with Crippen molar-refractivity contribution in [3.63, 3.8) is 0 Å². The molecule has 0 radical (unpaired) electrons. The van der Waals surface area contributed by atoms with Crippen LogP contribution >= 0.6 is 0 Å². The Kier molecular flexibility index (Phi) is 4.16. The second kappa shape index (κ2) is 5.39. The van der Waals surface area contributed by atoms with E-state index < -0.39 is 11.9 Å². The Morgan fingerprint density at radius 3 is 2.73 bits per heavy atom. The fraction of sp³-hybridized carbons (Fsp3) is 0.417. The molecule has 15 heavy (non-hydrogen) atoms. The van der Waals surface area contributed by atoms with Crippen LogP contribution in [0.3, 0.4) is 0 Å². The third-order valence-electron chi connectivity index (χ3n) is 2.23. The van der Waals surface area contributed by atoms with Crippen LogP contribution in [-0.4, -0.2) is 17.7 Å². The van der Waals surface area contributed by atoms with E-state index in [-0.39, 0.29) is 6.61 Å². The maximum absolute atomic E-state index is 10.7. The molecule has 3 nitrogen and oxygen atoms in total. The largest absolute Gasteiger partial charge is 0.492 e. The maximum atomic E-state index is 10.7. The zero-order chi connectivity index (χ0) is 11.3. The summed E-state index contributed by atoms with van der Waals surface area (Å²) in [6.45, 7) is 4.28. The summed E-state index contributed by atoms with van der Waals surface area (Å²) in [5.41, 5.74) is 0.987. The van der Waals surface area contributed by atoms with Crippen molar-refractivity contribution in [3.05, 3.63) is 29.8 Å². The van der Waals surface area contributed by atoms with Gasteiger partial charge in [-0.1, -0.05) is 32.0 Å². The SMILES string of the molecule is CC.O=C(O)C1COc2ccccc2C1. The number of carboxylic acids is 1. The standard InChI is InChI=1S/C10H10O3.C2H6/c11-10(12)8-5-7-3-1-2-4-9(7)13-6-8;1-2/h1-4,8H,5-6H2,(H,11,12);1-2H3. The molecule has 1 aliphatic rings. The Hall–Kier alpha value is -1.51. The van der Waals surface area contributed by atoms with Gasteiger partial charge < -0.3 is 9.84 Å². The molecule has 0 aliphatic carbocycles. The van der Waals surface area contributed by atoms with Gasteiger partial charge in [-0.25, -0.2) is 0 Å². The highest BCUT2D eigenvalue weighted by atomic mass is 16.5. The zero-order valence-electron chi connectivity index (χ0n) is 9.06. The highest BCUT2D eigenvalue weighted by molar-refractivity contribution is 5.71. The van der Waals surface area contributed by atoms with Crippen LogP contribution in [0.2, 0.25) is 0 Å². The molecule has 0 aromatic heterocycles. The lowest BCUT2D eigenvalue weighted by molar-refractivity contribution is -0.143. The molecule has 0 saturated heterocycles. The number of ether oxygens (including phenoxy) is 1. The molecule has 1 unspecified atom stereocenters. The topological polar surface area (TPSA) is 46.5 Å². The van der Waals surface area contributed by atoms with Gasteiger partial charge in [-0.3, -0.25) is 4.79 Å². The first-order valence-corrected chi connectivity index (χ1v) is 5.21. The number of fused-ring (bicyclic) bond motifs is 1. The van der Waals surface area contributed by atoms with Gasteiger partial charge in [0, 0.05) is 0 Å². The van der Waals surface area contributed by atoms with Gasteiger partial charge in [0.15, 0.2) is 0 Å². The summed E-state index contributed by atoms with van der Waals surface area (Å²) in [6.07, 6.45) is 0.575. The molecule has 1 N–H and O–H groups in total. The van der Waals surface area contributed by atoms with E-state index >= 15 is 0 Å². The minimum Gasteiger partial charge on any atom is -0.492 e. The van der Waals surface area contributed by atoms with Crippen molar-refractivity contribution < 1.29 is 14.6 Å². The van der Waals surface area contributed by atoms with Crippen LogP contribution in [0.1, 0.15) is 19.4 Å². The zero-order valence-corrected chi connectivity index (χ0v) is 9.06. The molecule has 0 saturated carbocycles. The summed E-state index contributed by atoms with van der Waals surface area (Å²) in [6, 6.07) is 7.56. The number of aliphatic carboxylic acids is 1. The quantitative estimate of drug-likeness (QED) is 0.770. The van der Waals surface area contributed by atoms with Crippen molar-refractivity contribution in [2.75, 3.05) is 6.61 Å². The first kappa shape index (κ1) is 11.6.